The molecule has 1 aromatic heterocycles. The highest BCUT2D eigenvalue weighted by molar-refractivity contribution is 5.95. The number of piperazine rings is 1. The lowest BCUT2D eigenvalue weighted by Crippen LogP contribution is -2.50. The van der Waals surface area contributed by atoms with Crippen LogP contribution in [-0.4, -0.2) is 52.7 Å². The molecule has 0 saturated carbocycles. The van der Waals surface area contributed by atoms with Gasteiger partial charge in [-0.15, -0.1) is 0 Å². The van der Waals surface area contributed by atoms with E-state index in [9.17, 15) is 32.9 Å². The summed E-state index contributed by atoms with van der Waals surface area (Å²) < 4.78 is 42.7. The number of hydrogen-bond donors (Lipinski definition) is 0. The lowest BCUT2D eigenvalue weighted by molar-refractivity contribution is -0.402. The van der Waals surface area contributed by atoms with Gasteiger partial charge in [-0.3, -0.25) is 19.7 Å². The van der Waals surface area contributed by atoms with Crippen LogP contribution in [0, 0.1) is 10.1 Å². The zero-order chi connectivity index (χ0) is 20.5. The van der Waals surface area contributed by atoms with Crippen molar-refractivity contribution in [3.8, 4) is 0 Å². The van der Waals surface area contributed by atoms with Crippen molar-refractivity contribution in [3.05, 3.63) is 63.4 Å². The maximum absolute atomic E-state index is 12.6. The fraction of sp³-hybridized carbons (Fsp3) is 0.294. The Bertz CT molecular complexity index is 900. The van der Waals surface area contributed by atoms with Gasteiger partial charge >= 0.3 is 12.1 Å². The minimum atomic E-state index is -4.48. The highest BCUT2D eigenvalue weighted by atomic mass is 19.4. The van der Waals surface area contributed by atoms with E-state index in [1.54, 1.807) is 0 Å². The van der Waals surface area contributed by atoms with Crippen LogP contribution in [0.25, 0.3) is 0 Å². The lowest BCUT2D eigenvalue weighted by atomic mass is 10.1. The Labute approximate surface area is 156 Å². The Morgan fingerprint density at radius 3 is 1.93 bits per heavy atom. The molecule has 28 heavy (non-hydrogen) atoms. The third-order valence-corrected chi connectivity index (χ3v) is 4.30. The predicted molar refractivity (Wildman–Crippen MR) is 88.6 cm³/mol. The van der Waals surface area contributed by atoms with Crippen molar-refractivity contribution in [3.63, 3.8) is 0 Å². The minimum absolute atomic E-state index is 0.120. The number of benzene rings is 1. The van der Waals surface area contributed by atoms with Gasteiger partial charge in [-0.1, -0.05) is 0 Å². The second-order valence-corrected chi connectivity index (χ2v) is 6.05. The Morgan fingerprint density at radius 2 is 1.46 bits per heavy atom. The van der Waals surface area contributed by atoms with Crippen molar-refractivity contribution >= 4 is 17.7 Å². The molecule has 0 unspecified atom stereocenters. The van der Waals surface area contributed by atoms with Crippen LogP contribution in [0.5, 0.6) is 0 Å². The zero-order valence-electron chi connectivity index (χ0n) is 14.3. The van der Waals surface area contributed by atoms with Crippen LogP contribution < -0.4 is 0 Å². The van der Waals surface area contributed by atoms with Crippen LogP contribution in [0.15, 0.2) is 40.8 Å². The normalized spacial score (nSPS) is 14.8. The number of nitrogens with zero attached hydrogens (tertiary/aromatic N) is 3. The number of carbonyl (C=O) groups is 2. The minimum Gasteiger partial charge on any atom is -0.395 e. The second kappa shape index (κ2) is 7.33. The molecule has 8 nitrogen and oxygen atoms in total. The zero-order valence-corrected chi connectivity index (χ0v) is 14.3. The van der Waals surface area contributed by atoms with Gasteiger partial charge in [-0.05, 0) is 30.3 Å². The Morgan fingerprint density at radius 1 is 0.929 bits per heavy atom. The van der Waals surface area contributed by atoms with E-state index in [0.717, 1.165) is 30.3 Å². The standard InChI is InChI=1S/C17H14F3N3O5/c18-17(19,20)12-3-1-11(2-4-12)15(24)21-7-9-22(10-8-21)16(25)13-5-6-14(28-13)23(26)27/h1-6H,7-10H2. The predicted octanol–water partition coefficient (Wildman–Crippen LogP) is 2.80. The SMILES string of the molecule is O=C(c1ccc(C(F)(F)F)cc1)N1CCN(C(=O)c2ccc([N+](=O)[O-])o2)CC1. The van der Waals surface area contributed by atoms with Crippen LogP contribution in [0.1, 0.15) is 26.5 Å². The number of carbonyl (C=O) groups excluding carboxylic acids is 2. The van der Waals surface area contributed by atoms with E-state index >= 15 is 0 Å². The van der Waals surface area contributed by atoms with Gasteiger partial charge in [0.15, 0.2) is 5.76 Å². The first-order chi connectivity index (χ1) is 13.2. The van der Waals surface area contributed by atoms with E-state index in [1.807, 2.05) is 0 Å². The van der Waals surface area contributed by atoms with E-state index in [0.29, 0.717) is 0 Å². The highest BCUT2D eigenvalue weighted by Crippen LogP contribution is 2.29. The van der Waals surface area contributed by atoms with E-state index < -0.39 is 34.4 Å². The third kappa shape index (κ3) is 3.97. The lowest BCUT2D eigenvalue weighted by Gasteiger charge is -2.34. The van der Waals surface area contributed by atoms with Crippen LogP contribution in [0.4, 0.5) is 19.1 Å². The van der Waals surface area contributed by atoms with Crippen LogP contribution in [-0.2, 0) is 6.18 Å². The number of alkyl halides is 3. The first-order valence-electron chi connectivity index (χ1n) is 8.17. The summed E-state index contributed by atoms with van der Waals surface area (Å²) in [4.78, 5) is 37.4. The van der Waals surface area contributed by atoms with Crippen molar-refractivity contribution < 1.29 is 32.1 Å². The van der Waals surface area contributed by atoms with Crippen molar-refractivity contribution in [2.45, 2.75) is 6.18 Å². The average Bonchev–Trinajstić information content (AvgIpc) is 3.17. The number of amides is 2. The van der Waals surface area contributed by atoms with Crippen LogP contribution in [0.2, 0.25) is 0 Å². The quantitative estimate of drug-likeness (QED) is 0.586. The number of nitro groups is 1. The molecule has 0 atom stereocenters. The van der Waals surface area contributed by atoms with E-state index in [4.69, 9.17) is 4.42 Å². The summed E-state index contributed by atoms with van der Waals surface area (Å²) in [5.41, 5.74) is -0.721. The molecule has 2 amide bonds. The summed E-state index contributed by atoms with van der Waals surface area (Å²) >= 11 is 0. The maximum Gasteiger partial charge on any atom is 0.433 e. The maximum atomic E-state index is 12.6. The Balaban J connectivity index is 1.60. The van der Waals surface area contributed by atoms with Crippen molar-refractivity contribution in [2.24, 2.45) is 0 Å². The number of furan rings is 1. The van der Waals surface area contributed by atoms with Gasteiger partial charge in [-0.2, -0.15) is 13.2 Å². The molecule has 2 heterocycles. The van der Waals surface area contributed by atoms with Gasteiger partial charge in [-0.25, -0.2) is 0 Å². The summed E-state index contributed by atoms with van der Waals surface area (Å²) in [6.07, 6.45) is -4.48. The highest BCUT2D eigenvalue weighted by Gasteiger charge is 2.31. The summed E-state index contributed by atoms with van der Waals surface area (Å²) in [5.74, 6) is -1.68. The summed E-state index contributed by atoms with van der Waals surface area (Å²) in [6, 6.07) is 6.21. The molecule has 0 bridgehead atoms. The van der Waals surface area contributed by atoms with Gasteiger partial charge in [0, 0.05) is 31.7 Å². The van der Waals surface area contributed by atoms with Gasteiger partial charge in [0.1, 0.15) is 4.92 Å². The van der Waals surface area contributed by atoms with Gasteiger partial charge < -0.3 is 14.2 Å². The molecule has 0 spiro atoms. The van der Waals surface area contributed by atoms with Gasteiger partial charge in [0.2, 0.25) is 0 Å². The Kier molecular flexibility index (Phi) is 5.08. The number of hydrogen-bond acceptors (Lipinski definition) is 5. The molecule has 0 N–H and O–H groups in total. The summed E-state index contributed by atoms with van der Waals surface area (Å²) in [5, 5.41) is 10.6. The molecule has 0 radical (unpaired) electrons. The molecule has 148 valence electrons. The fourth-order valence-electron chi connectivity index (χ4n) is 2.79. The number of rotatable bonds is 3. The molecule has 1 fully saturated rings. The molecule has 1 saturated heterocycles. The molecular formula is C17H14F3N3O5. The summed E-state index contributed by atoms with van der Waals surface area (Å²) in [7, 11) is 0. The topological polar surface area (TPSA) is 96.9 Å². The first-order valence-corrected chi connectivity index (χ1v) is 8.17. The average molecular weight is 397 g/mol. The van der Waals surface area contributed by atoms with Gasteiger partial charge in [0.25, 0.3) is 11.8 Å². The largest absolute Gasteiger partial charge is 0.433 e. The second-order valence-electron chi connectivity index (χ2n) is 6.05. The fourth-order valence-corrected chi connectivity index (χ4v) is 2.79. The van der Waals surface area contributed by atoms with E-state index in [2.05, 4.69) is 0 Å². The molecule has 1 aliphatic rings. The molecule has 2 aromatic rings. The third-order valence-electron chi connectivity index (χ3n) is 4.30. The molecule has 3 rings (SSSR count). The number of halogens is 3. The van der Waals surface area contributed by atoms with Crippen molar-refractivity contribution in [1.29, 1.82) is 0 Å². The van der Waals surface area contributed by atoms with Crippen LogP contribution in [0.3, 0.4) is 0 Å². The monoisotopic (exact) mass is 397 g/mol. The smallest absolute Gasteiger partial charge is 0.395 e. The van der Waals surface area contributed by atoms with E-state index in [1.165, 1.54) is 15.9 Å². The molecule has 11 heteroatoms. The molecular weight excluding hydrogens is 383 g/mol. The van der Waals surface area contributed by atoms with E-state index in [-0.39, 0.29) is 37.5 Å². The Hall–Kier alpha value is -3.37. The van der Waals surface area contributed by atoms with Crippen molar-refractivity contribution in [1.82, 2.24) is 9.80 Å². The molecule has 0 aliphatic carbocycles. The first kappa shape index (κ1) is 19.4. The summed E-state index contributed by atoms with van der Waals surface area (Å²) in [6.45, 7) is 0.683. The van der Waals surface area contributed by atoms with Crippen molar-refractivity contribution in [2.75, 3.05) is 26.2 Å². The van der Waals surface area contributed by atoms with Gasteiger partial charge in [0.05, 0.1) is 11.6 Å². The molecule has 1 aliphatic heterocycles. The molecule has 1 aromatic carbocycles. The van der Waals surface area contributed by atoms with Crippen LogP contribution >= 0.6 is 0 Å².